The van der Waals surface area contributed by atoms with Crippen LogP contribution in [0.2, 0.25) is 0 Å². The topological polar surface area (TPSA) is 46.5 Å². The minimum absolute atomic E-state index is 0.323. The molecule has 1 amide bonds. The predicted octanol–water partition coefficient (Wildman–Crippen LogP) is 4.25. The van der Waals surface area contributed by atoms with E-state index in [1.165, 1.54) is 0 Å². The second kappa shape index (κ2) is 8.12. The second-order valence-electron chi connectivity index (χ2n) is 3.93. The third kappa shape index (κ3) is 5.34. The van der Waals surface area contributed by atoms with Crippen LogP contribution in [0.15, 0.2) is 64.4 Å². The molecule has 0 N–H and O–H groups in total. The van der Waals surface area contributed by atoms with Crippen LogP contribution in [0.5, 0.6) is 0 Å². The van der Waals surface area contributed by atoms with E-state index in [0.29, 0.717) is 5.57 Å². The maximum Gasteiger partial charge on any atom is 0.312 e. The van der Waals surface area contributed by atoms with Crippen LogP contribution in [0.4, 0.5) is 0 Å². The molecule has 0 heterocycles. The van der Waals surface area contributed by atoms with E-state index in [-0.39, 0.29) is 0 Å². The number of hydrogen-bond donors (Lipinski definition) is 0. The SMILES string of the molecule is C=C\C(C)=C/C(=C\C)C(/C)=C/C=C(\C)C(=O)N=O. The zero-order valence-electron chi connectivity index (χ0n) is 11.4. The molecule has 0 atom stereocenters. The van der Waals surface area contributed by atoms with E-state index in [9.17, 15) is 9.70 Å². The molecular weight excluding hydrogens is 226 g/mol. The molecule has 0 bridgehead atoms. The fourth-order valence-corrected chi connectivity index (χ4v) is 1.22. The number of carbonyl (C=O) groups excluding carboxylic acids is 1. The molecule has 0 spiro atoms. The standard InChI is InChI=1S/C15H19NO2/c1-6-11(3)10-14(7-2)12(4)8-9-13(5)15(17)16-18/h6-10H,1H2,2-5H3/b11-10-,12-8+,13-9+,14-7+. The van der Waals surface area contributed by atoms with E-state index in [0.717, 1.165) is 16.7 Å². The van der Waals surface area contributed by atoms with Crippen LogP contribution in [-0.4, -0.2) is 5.91 Å². The van der Waals surface area contributed by atoms with Crippen molar-refractivity contribution in [2.75, 3.05) is 0 Å². The van der Waals surface area contributed by atoms with Gasteiger partial charge in [0.05, 0.1) is 0 Å². The van der Waals surface area contributed by atoms with E-state index in [2.05, 4.69) is 11.8 Å². The Hall–Kier alpha value is -2.03. The van der Waals surface area contributed by atoms with Gasteiger partial charge in [0, 0.05) is 10.7 Å². The Bertz CT molecular complexity index is 463. The quantitative estimate of drug-likeness (QED) is 0.413. The van der Waals surface area contributed by atoms with E-state index in [1.807, 2.05) is 32.9 Å². The summed E-state index contributed by atoms with van der Waals surface area (Å²) in [5.41, 5.74) is 3.42. The largest absolute Gasteiger partial charge is 0.312 e. The van der Waals surface area contributed by atoms with Crippen molar-refractivity contribution in [3.05, 3.63) is 64.2 Å². The molecule has 0 aromatic rings. The Morgan fingerprint density at radius 2 is 1.67 bits per heavy atom. The smallest absolute Gasteiger partial charge is 0.264 e. The second-order valence-corrected chi connectivity index (χ2v) is 3.93. The molecule has 96 valence electrons. The maximum atomic E-state index is 11.0. The molecule has 0 rings (SSSR count). The number of nitroso groups, excluding NO2 is 1. The Kier molecular flexibility index (Phi) is 7.20. The summed E-state index contributed by atoms with van der Waals surface area (Å²) in [7, 11) is 0. The highest BCUT2D eigenvalue weighted by molar-refractivity contribution is 5.93. The average molecular weight is 245 g/mol. The van der Waals surface area contributed by atoms with Gasteiger partial charge in [-0.3, -0.25) is 4.79 Å². The summed E-state index contributed by atoms with van der Waals surface area (Å²) in [5.74, 6) is -0.737. The summed E-state index contributed by atoms with van der Waals surface area (Å²) in [4.78, 5) is 21.0. The molecule has 3 heteroatoms. The molecule has 0 aliphatic heterocycles. The number of hydrogen-bond acceptors (Lipinski definition) is 2. The summed E-state index contributed by atoms with van der Waals surface area (Å²) >= 11 is 0. The lowest BCUT2D eigenvalue weighted by Crippen LogP contribution is -1.92. The van der Waals surface area contributed by atoms with Crippen LogP contribution in [0, 0.1) is 4.91 Å². The van der Waals surface area contributed by atoms with E-state index in [1.54, 1.807) is 25.2 Å². The fraction of sp³-hybridized carbons (Fsp3) is 0.267. The molecule has 0 saturated heterocycles. The van der Waals surface area contributed by atoms with Crippen LogP contribution in [0.3, 0.4) is 0 Å². The molecule has 18 heavy (non-hydrogen) atoms. The molecule has 0 radical (unpaired) electrons. The Balaban J connectivity index is 5.14. The molecule has 0 saturated carbocycles. The van der Waals surface area contributed by atoms with Crippen molar-refractivity contribution in [1.29, 1.82) is 0 Å². The third-order valence-corrected chi connectivity index (χ3v) is 2.48. The minimum Gasteiger partial charge on any atom is -0.264 e. The number of nitrogens with zero attached hydrogens (tertiary/aromatic N) is 1. The minimum atomic E-state index is -0.737. The maximum absolute atomic E-state index is 11.0. The summed E-state index contributed by atoms with van der Waals surface area (Å²) in [6.45, 7) is 11.1. The van der Waals surface area contributed by atoms with Crippen molar-refractivity contribution in [2.24, 2.45) is 5.18 Å². The summed E-state index contributed by atoms with van der Waals surface area (Å²) < 4.78 is 0. The van der Waals surface area contributed by atoms with Crippen LogP contribution < -0.4 is 0 Å². The van der Waals surface area contributed by atoms with Gasteiger partial charge in [-0.2, -0.15) is 0 Å². The first kappa shape index (κ1) is 16.0. The highest BCUT2D eigenvalue weighted by Gasteiger charge is 2.01. The molecule has 0 aromatic carbocycles. The molecule has 0 aliphatic carbocycles. The predicted molar refractivity (Wildman–Crippen MR) is 76.0 cm³/mol. The van der Waals surface area contributed by atoms with Crippen molar-refractivity contribution in [2.45, 2.75) is 27.7 Å². The zero-order chi connectivity index (χ0) is 14.1. The molecule has 0 aromatic heterocycles. The molecule has 0 fully saturated rings. The highest BCUT2D eigenvalue weighted by atomic mass is 16.3. The number of allylic oxidation sites excluding steroid dienone is 8. The molecule has 3 nitrogen and oxygen atoms in total. The van der Waals surface area contributed by atoms with E-state index < -0.39 is 5.91 Å². The van der Waals surface area contributed by atoms with E-state index in [4.69, 9.17) is 0 Å². The van der Waals surface area contributed by atoms with Gasteiger partial charge in [-0.05, 0) is 38.8 Å². The lowest BCUT2D eigenvalue weighted by Gasteiger charge is -2.02. The van der Waals surface area contributed by atoms with Crippen molar-refractivity contribution in [1.82, 2.24) is 0 Å². The van der Waals surface area contributed by atoms with Gasteiger partial charge >= 0.3 is 5.91 Å². The van der Waals surface area contributed by atoms with Crippen molar-refractivity contribution < 1.29 is 4.79 Å². The fourth-order valence-electron chi connectivity index (χ4n) is 1.22. The van der Waals surface area contributed by atoms with Crippen molar-refractivity contribution in [3.63, 3.8) is 0 Å². The monoisotopic (exact) mass is 245 g/mol. The van der Waals surface area contributed by atoms with Gasteiger partial charge in [-0.25, -0.2) is 0 Å². The van der Waals surface area contributed by atoms with Crippen LogP contribution in [-0.2, 0) is 4.79 Å². The van der Waals surface area contributed by atoms with Gasteiger partial charge in [0.25, 0.3) is 0 Å². The summed E-state index contributed by atoms with van der Waals surface area (Å²) in [6.07, 6.45) is 9.14. The summed E-state index contributed by atoms with van der Waals surface area (Å²) in [6, 6.07) is 0. The van der Waals surface area contributed by atoms with Gasteiger partial charge in [0.15, 0.2) is 0 Å². The Morgan fingerprint density at radius 1 is 1.11 bits per heavy atom. The molecule has 0 aliphatic rings. The van der Waals surface area contributed by atoms with Crippen molar-refractivity contribution in [3.8, 4) is 0 Å². The lowest BCUT2D eigenvalue weighted by molar-refractivity contribution is -0.114. The van der Waals surface area contributed by atoms with Crippen LogP contribution >= 0.6 is 0 Å². The van der Waals surface area contributed by atoms with Gasteiger partial charge < -0.3 is 0 Å². The first-order valence-corrected chi connectivity index (χ1v) is 5.66. The van der Waals surface area contributed by atoms with Gasteiger partial charge in [-0.1, -0.05) is 42.5 Å². The average Bonchev–Trinajstić information content (AvgIpc) is 2.40. The van der Waals surface area contributed by atoms with Gasteiger partial charge in [0.2, 0.25) is 0 Å². The van der Waals surface area contributed by atoms with Crippen molar-refractivity contribution >= 4 is 5.91 Å². The van der Waals surface area contributed by atoms with E-state index >= 15 is 0 Å². The highest BCUT2D eigenvalue weighted by Crippen LogP contribution is 2.14. The number of carbonyl (C=O) groups is 1. The zero-order valence-corrected chi connectivity index (χ0v) is 11.4. The molecular formula is C15H19NO2. The van der Waals surface area contributed by atoms with Gasteiger partial charge in [0.1, 0.15) is 0 Å². The first-order chi connectivity index (χ1) is 8.46. The Labute approximate surface area is 108 Å². The first-order valence-electron chi connectivity index (χ1n) is 5.66. The van der Waals surface area contributed by atoms with Crippen LogP contribution in [0.1, 0.15) is 27.7 Å². The normalized spacial score (nSPS) is 14.4. The third-order valence-electron chi connectivity index (χ3n) is 2.48. The van der Waals surface area contributed by atoms with Crippen LogP contribution in [0.25, 0.3) is 0 Å². The Morgan fingerprint density at radius 3 is 2.11 bits per heavy atom. The summed E-state index contributed by atoms with van der Waals surface area (Å²) in [5, 5.41) is 2.37. The number of rotatable bonds is 5. The van der Waals surface area contributed by atoms with Gasteiger partial charge in [-0.15, -0.1) is 4.91 Å². The lowest BCUT2D eigenvalue weighted by atomic mass is 10.0. The number of amides is 1. The molecule has 0 unspecified atom stereocenters.